The summed E-state index contributed by atoms with van der Waals surface area (Å²) >= 11 is 0. The summed E-state index contributed by atoms with van der Waals surface area (Å²) in [5.41, 5.74) is 5.56. The Kier molecular flexibility index (Phi) is 9.64. The van der Waals surface area contributed by atoms with Crippen LogP contribution in [0.1, 0.15) is 41.8 Å². The molecule has 0 saturated heterocycles. The lowest BCUT2D eigenvalue weighted by atomic mass is 10.1. The van der Waals surface area contributed by atoms with E-state index in [1.54, 1.807) is 42.5 Å². The second kappa shape index (κ2) is 13.1. The predicted octanol–water partition coefficient (Wildman–Crippen LogP) is 2.80. The number of Topliss-reactive ketones (excluding diaryl/α,β-unsaturated/α-hetero) is 1. The van der Waals surface area contributed by atoms with Gasteiger partial charge in [-0.3, -0.25) is 18.7 Å². The highest BCUT2D eigenvalue weighted by molar-refractivity contribution is 6.02. The maximum atomic E-state index is 12.8. The number of ether oxygens (including phenoxy) is 3. The van der Waals surface area contributed by atoms with E-state index in [9.17, 15) is 19.2 Å². The monoisotopic (exact) mass is 521 g/mol. The standard InChI is InChI=1S/C28H31N3O7/c1-4-15-37-22-13-11-19(16-23(22)36-5-2)12-14-24(33)38-18-21(32)25-26(29)31(28(35)30(3)27(25)34)17-20-9-7-6-8-10-20/h6-14,16H,4-5,15,17-18,29H2,1-3H3/b14-12+. The molecule has 0 atom stereocenters. The number of hydrogen-bond donors (Lipinski definition) is 1. The summed E-state index contributed by atoms with van der Waals surface area (Å²) in [4.78, 5) is 50.4. The second-order valence-corrected chi connectivity index (χ2v) is 8.33. The highest BCUT2D eigenvalue weighted by Crippen LogP contribution is 2.29. The highest BCUT2D eigenvalue weighted by Gasteiger charge is 2.22. The minimum absolute atomic E-state index is 0.0639. The van der Waals surface area contributed by atoms with Gasteiger partial charge in [0, 0.05) is 13.1 Å². The Bertz CT molecular complexity index is 1440. The molecule has 0 amide bonds. The first kappa shape index (κ1) is 28.0. The summed E-state index contributed by atoms with van der Waals surface area (Å²) in [5, 5.41) is 0. The number of hydrogen-bond acceptors (Lipinski definition) is 8. The molecule has 0 unspecified atom stereocenters. The molecular formula is C28H31N3O7. The number of esters is 1. The van der Waals surface area contributed by atoms with Crippen molar-refractivity contribution in [1.29, 1.82) is 0 Å². The fraction of sp³-hybridized carbons (Fsp3) is 0.286. The van der Waals surface area contributed by atoms with Crippen molar-refractivity contribution in [3.8, 4) is 11.5 Å². The van der Waals surface area contributed by atoms with Crippen LogP contribution in [0.15, 0.2) is 64.2 Å². The summed E-state index contributed by atoms with van der Waals surface area (Å²) < 4.78 is 18.3. The molecule has 2 aromatic carbocycles. The van der Waals surface area contributed by atoms with Gasteiger partial charge in [0.1, 0.15) is 11.4 Å². The van der Waals surface area contributed by atoms with E-state index < -0.39 is 35.2 Å². The van der Waals surface area contributed by atoms with Crippen molar-refractivity contribution in [2.75, 3.05) is 25.6 Å². The molecule has 10 nitrogen and oxygen atoms in total. The molecule has 1 aromatic heterocycles. The van der Waals surface area contributed by atoms with Crippen molar-refractivity contribution in [2.24, 2.45) is 7.05 Å². The molecule has 3 rings (SSSR count). The zero-order valence-corrected chi connectivity index (χ0v) is 21.6. The van der Waals surface area contributed by atoms with Gasteiger partial charge in [-0.2, -0.15) is 0 Å². The van der Waals surface area contributed by atoms with Crippen molar-refractivity contribution in [3.63, 3.8) is 0 Å². The minimum atomic E-state index is -0.859. The number of ketones is 1. The summed E-state index contributed by atoms with van der Waals surface area (Å²) in [7, 11) is 1.26. The van der Waals surface area contributed by atoms with Gasteiger partial charge < -0.3 is 19.9 Å². The second-order valence-electron chi connectivity index (χ2n) is 8.33. The quantitative estimate of drug-likeness (QED) is 0.219. The Morgan fingerprint density at radius 2 is 1.74 bits per heavy atom. The number of benzene rings is 2. The molecule has 200 valence electrons. The van der Waals surface area contributed by atoms with Crippen LogP contribution in [0.3, 0.4) is 0 Å². The molecule has 2 N–H and O–H groups in total. The molecule has 1 heterocycles. The number of nitrogen functional groups attached to an aromatic ring is 1. The van der Waals surface area contributed by atoms with E-state index in [2.05, 4.69) is 0 Å². The van der Waals surface area contributed by atoms with Crippen LogP contribution in [0.5, 0.6) is 11.5 Å². The van der Waals surface area contributed by atoms with Crippen LogP contribution in [0.25, 0.3) is 6.08 Å². The molecule has 0 bridgehead atoms. The third-order valence-corrected chi connectivity index (χ3v) is 5.53. The Morgan fingerprint density at radius 1 is 1.00 bits per heavy atom. The van der Waals surface area contributed by atoms with E-state index >= 15 is 0 Å². The van der Waals surface area contributed by atoms with Gasteiger partial charge in [-0.25, -0.2) is 9.59 Å². The number of carbonyl (C=O) groups excluding carboxylic acids is 2. The first-order chi connectivity index (χ1) is 18.3. The Morgan fingerprint density at radius 3 is 2.42 bits per heavy atom. The number of anilines is 1. The summed E-state index contributed by atoms with van der Waals surface area (Å²) in [6, 6.07) is 14.2. The molecule has 10 heteroatoms. The fourth-order valence-corrected chi connectivity index (χ4v) is 3.61. The Hall–Kier alpha value is -4.60. The summed E-state index contributed by atoms with van der Waals surface area (Å²) in [6.07, 6.45) is 3.51. The molecule has 38 heavy (non-hydrogen) atoms. The van der Waals surface area contributed by atoms with Gasteiger partial charge >= 0.3 is 11.7 Å². The minimum Gasteiger partial charge on any atom is -0.490 e. The van der Waals surface area contributed by atoms with Crippen molar-refractivity contribution >= 4 is 23.6 Å². The van der Waals surface area contributed by atoms with E-state index in [1.165, 1.54) is 13.1 Å². The number of carbonyl (C=O) groups is 2. The van der Waals surface area contributed by atoms with Crippen LogP contribution < -0.4 is 26.5 Å². The molecule has 0 saturated carbocycles. The van der Waals surface area contributed by atoms with Crippen molar-refractivity contribution in [3.05, 3.63) is 92.1 Å². The Labute approximate surface area is 219 Å². The van der Waals surface area contributed by atoms with Crippen LogP contribution in [0.2, 0.25) is 0 Å². The van der Waals surface area contributed by atoms with Crippen LogP contribution >= 0.6 is 0 Å². The number of rotatable bonds is 12. The van der Waals surface area contributed by atoms with Gasteiger partial charge in [0.25, 0.3) is 5.56 Å². The molecule has 0 radical (unpaired) electrons. The number of nitrogens with zero attached hydrogens (tertiary/aromatic N) is 2. The van der Waals surface area contributed by atoms with Gasteiger partial charge in [0.2, 0.25) is 5.78 Å². The Balaban J connectivity index is 1.73. The lowest BCUT2D eigenvalue weighted by molar-refractivity contribution is -0.136. The van der Waals surface area contributed by atoms with Gasteiger partial charge in [-0.05, 0) is 42.7 Å². The van der Waals surface area contributed by atoms with E-state index in [0.29, 0.717) is 30.3 Å². The zero-order chi connectivity index (χ0) is 27.7. The van der Waals surface area contributed by atoms with Crippen molar-refractivity contribution in [1.82, 2.24) is 9.13 Å². The van der Waals surface area contributed by atoms with Crippen LogP contribution in [-0.2, 0) is 23.1 Å². The SMILES string of the molecule is CCCOc1ccc(/C=C/C(=O)OCC(=O)c2c(N)n(Cc3ccccc3)c(=O)n(C)c2=O)cc1OCC. The first-order valence-corrected chi connectivity index (χ1v) is 12.2. The van der Waals surface area contributed by atoms with E-state index in [0.717, 1.165) is 27.2 Å². The van der Waals surface area contributed by atoms with E-state index in [4.69, 9.17) is 19.9 Å². The molecule has 0 aliphatic rings. The lowest BCUT2D eigenvalue weighted by Crippen LogP contribution is -2.43. The average molecular weight is 522 g/mol. The van der Waals surface area contributed by atoms with Crippen LogP contribution in [0, 0.1) is 0 Å². The van der Waals surface area contributed by atoms with Gasteiger partial charge in [-0.15, -0.1) is 0 Å². The molecule has 3 aromatic rings. The summed E-state index contributed by atoms with van der Waals surface area (Å²) in [6.45, 7) is 4.19. The third kappa shape index (κ3) is 6.78. The zero-order valence-electron chi connectivity index (χ0n) is 21.6. The van der Waals surface area contributed by atoms with Crippen LogP contribution in [0.4, 0.5) is 5.82 Å². The fourth-order valence-electron chi connectivity index (χ4n) is 3.61. The molecule has 0 aliphatic carbocycles. The van der Waals surface area contributed by atoms with Crippen LogP contribution in [-0.4, -0.2) is 40.7 Å². The third-order valence-electron chi connectivity index (χ3n) is 5.53. The maximum absolute atomic E-state index is 12.8. The number of aromatic nitrogens is 2. The van der Waals surface area contributed by atoms with E-state index in [-0.39, 0.29) is 12.4 Å². The first-order valence-electron chi connectivity index (χ1n) is 12.2. The average Bonchev–Trinajstić information content (AvgIpc) is 2.92. The lowest BCUT2D eigenvalue weighted by Gasteiger charge is -2.14. The van der Waals surface area contributed by atoms with Crippen molar-refractivity contribution in [2.45, 2.75) is 26.8 Å². The smallest absolute Gasteiger partial charge is 0.332 e. The highest BCUT2D eigenvalue weighted by atomic mass is 16.5. The van der Waals surface area contributed by atoms with Gasteiger partial charge in [-0.1, -0.05) is 43.3 Å². The van der Waals surface area contributed by atoms with Gasteiger partial charge in [0.05, 0.1) is 19.8 Å². The molecule has 0 spiro atoms. The van der Waals surface area contributed by atoms with E-state index in [1.807, 2.05) is 19.9 Å². The largest absolute Gasteiger partial charge is 0.490 e. The molecule has 0 fully saturated rings. The molecule has 0 aliphatic heterocycles. The van der Waals surface area contributed by atoms with Crippen molar-refractivity contribution < 1.29 is 23.8 Å². The molecular weight excluding hydrogens is 490 g/mol. The summed E-state index contributed by atoms with van der Waals surface area (Å²) in [5.74, 6) is -0.749. The predicted molar refractivity (Wildman–Crippen MR) is 144 cm³/mol. The number of nitrogens with two attached hydrogens (primary N) is 1. The topological polar surface area (TPSA) is 132 Å². The normalized spacial score (nSPS) is 10.9. The maximum Gasteiger partial charge on any atom is 0.332 e. The van der Waals surface area contributed by atoms with Gasteiger partial charge in [0.15, 0.2) is 18.1 Å².